The minimum atomic E-state index is -0.0668. The lowest BCUT2D eigenvalue weighted by molar-refractivity contribution is 0.0863. The quantitative estimate of drug-likeness (QED) is 0.886. The molecule has 2 bridgehead atoms. The Bertz CT molecular complexity index is 473. The van der Waals surface area contributed by atoms with Gasteiger partial charge in [0.2, 0.25) is 0 Å². The average molecular weight is 281 g/mol. The number of hydrogen-bond donors (Lipinski definition) is 2. The summed E-state index contributed by atoms with van der Waals surface area (Å²) in [5, 5.41) is 14.5. The summed E-state index contributed by atoms with van der Waals surface area (Å²) in [5.74, 6) is 1.92. The third-order valence-corrected chi connectivity index (χ3v) is 5.55. The van der Waals surface area contributed by atoms with Crippen LogP contribution >= 0.6 is 11.3 Å². The smallest absolute Gasteiger partial charge is 0.265 e. The lowest BCUT2D eigenvalue weighted by Gasteiger charge is -2.30. The number of hydrogen-bond acceptors (Lipinski definition) is 4. The predicted molar refractivity (Wildman–Crippen MR) is 73.5 cm³/mol. The molecule has 1 aromatic rings. The van der Waals surface area contributed by atoms with Crippen LogP contribution in [0.3, 0.4) is 0 Å². The van der Waals surface area contributed by atoms with Crippen molar-refractivity contribution in [3.05, 3.63) is 16.3 Å². The number of rotatable bonds is 4. The van der Waals surface area contributed by atoms with E-state index in [1.807, 2.05) is 11.4 Å². The van der Waals surface area contributed by atoms with E-state index < -0.39 is 0 Å². The van der Waals surface area contributed by atoms with E-state index in [-0.39, 0.29) is 24.5 Å². The molecule has 2 aliphatic rings. The van der Waals surface area contributed by atoms with Gasteiger partial charge in [-0.2, -0.15) is 0 Å². The molecule has 1 amide bonds. The first-order valence-electron chi connectivity index (χ1n) is 6.77. The van der Waals surface area contributed by atoms with E-state index in [4.69, 9.17) is 4.74 Å². The first-order valence-corrected chi connectivity index (χ1v) is 7.65. The van der Waals surface area contributed by atoms with Gasteiger partial charge in [-0.3, -0.25) is 4.79 Å². The Morgan fingerprint density at radius 1 is 1.53 bits per heavy atom. The van der Waals surface area contributed by atoms with Crippen molar-refractivity contribution in [3.8, 4) is 5.75 Å². The zero-order chi connectivity index (χ0) is 13.4. The van der Waals surface area contributed by atoms with Crippen molar-refractivity contribution < 1.29 is 14.6 Å². The van der Waals surface area contributed by atoms with Gasteiger partial charge in [0.15, 0.2) is 0 Å². The van der Waals surface area contributed by atoms with Crippen LogP contribution in [-0.4, -0.2) is 30.8 Å². The van der Waals surface area contributed by atoms with Gasteiger partial charge >= 0.3 is 0 Å². The third kappa shape index (κ3) is 2.15. The van der Waals surface area contributed by atoms with Crippen LogP contribution in [0.1, 0.15) is 28.9 Å². The van der Waals surface area contributed by atoms with Gasteiger partial charge in [0, 0.05) is 18.6 Å². The summed E-state index contributed by atoms with van der Waals surface area (Å²) >= 11 is 1.39. The van der Waals surface area contributed by atoms with Crippen LogP contribution in [0.5, 0.6) is 5.75 Å². The molecular weight excluding hydrogens is 262 g/mol. The summed E-state index contributed by atoms with van der Waals surface area (Å²) in [6, 6.07) is 1.94. The van der Waals surface area contributed by atoms with Gasteiger partial charge in [-0.1, -0.05) is 0 Å². The van der Waals surface area contributed by atoms with Gasteiger partial charge in [-0.25, -0.2) is 0 Å². The SMILES string of the molecule is COc1ccsc1C(=O)NC1C2CCC(C2)C1CO. The second-order valence-corrected chi connectivity index (χ2v) is 6.41. The van der Waals surface area contributed by atoms with Gasteiger partial charge in [0.1, 0.15) is 10.6 Å². The Morgan fingerprint density at radius 2 is 2.32 bits per heavy atom. The van der Waals surface area contributed by atoms with Crippen molar-refractivity contribution >= 4 is 17.2 Å². The van der Waals surface area contributed by atoms with Gasteiger partial charge < -0.3 is 15.2 Å². The zero-order valence-corrected chi connectivity index (χ0v) is 11.8. The first-order chi connectivity index (χ1) is 9.24. The molecule has 5 heteroatoms. The van der Waals surface area contributed by atoms with Crippen molar-refractivity contribution in [1.82, 2.24) is 5.32 Å². The highest BCUT2D eigenvalue weighted by Gasteiger charge is 2.47. The van der Waals surface area contributed by atoms with Crippen molar-refractivity contribution in [2.75, 3.05) is 13.7 Å². The van der Waals surface area contributed by atoms with E-state index in [1.165, 1.54) is 24.2 Å². The summed E-state index contributed by atoms with van der Waals surface area (Å²) in [6.45, 7) is 0.174. The lowest BCUT2D eigenvalue weighted by atomic mass is 9.85. The van der Waals surface area contributed by atoms with E-state index in [2.05, 4.69) is 5.32 Å². The highest BCUT2D eigenvalue weighted by molar-refractivity contribution is 7.12. The van der Waals surface area contributed by atoms with Gasteiger partial charge in [0.05, 0.1) is 7.11 Å². The normalized spacial score (nSPS) is 32.5. The number of nitrogens with one attached hydrogen (secondary N) is 1. The average Bonchev–Trinajstić information content (AvgIpc) is 3.13. The van der Waals surface area contributed by atoms with Crippen molar-refractivity contribution in [2.45, 2.75) is 25.3 Å². The maximum atomic E-state index is 12.3. The molecule has 0 aromatic carbocycles. The first kappa shape index (κ1) is 12.9. The number of amides is 1. The molecule has 2 aliphatic carbocycles. The van der Waals surface area contributed by atoms with Crippen LogP contribution in [0.15, 0.2) is 11.4 Å². The van der Waals surface area contributed by atoms with Crippen LogP contribution in [0.2, 0.25) is 0 Å². The molecule has 2 fully saturated rings. The summed E-state index contributed by atoms with van der Waals surface area (Å²) in [4.78, 5) is 12.9. The monoisotopic (exact) mass is 281 g/mol. The maximum absolute atomic E-state index is 12.3. The number of carbonyl (C=O) groups excluding carboxylic acids is 1. The van der Waals surface area contributed by atoms with Gasteiger partial charge in [0.25, 0.3) is 5.91 Å². The Balaban J connectivity index is 1.73. The van der Waals surface area contributed by atoms with E-state index >= 15 is 0 Å². The molecular formula is C14H19NO3S. The van der Waals surface area contributed by atoms with Crippen LogP contribution < -0.4 is 10.1 Å². The molecule has 1 heterocycles. The molecule has 4 unspecified atom stereocenters. The number of carbonyl (C=O) groups is 1. The zero-order valence-electron chi connectivity index (χ0n) is 11.0. The summed E-state index contributed by atoms with van der Waals surface area (Å²) < 4.78 is 5.19. The highest BCUT2D eigenvalue weighted by Crippen LogP contribution is 2.48. The number of aliphatic hydroxyl groups is 1. The molecule has 19 heavy (non-hydrogen) atoms. The topological polar surface area (TPSA) is 58.6 Å². The Labute approximate surface area is 116 Å². The Hall–Kier alpha value is -1.07. The Morgan fingerprint density at radius 3 is 3.05 bits per heavy atom. The fraction of sp³-hybridized carbons (Fsp3) is 0.643. The second kappa shape index (κ2) is 5.13. The van der Waals surface area contributed by atoms with E-state index in [0.29, 0.717) is 22.5 Å². The summed E-state index contributed by atoms with van der Waals surface area (Å²) in [7, 11) is 1.58. The fourth-order valence-corrected chi connectivity index (χ4v) is 4.50. The lowest BCUT2D eigenvalue weighted by Crippen LogP contribution is -2.45. The number of ether oxygens (including phenoxy) is 1. The molecule has 104 valence electrons. The van der Waals surface area contributed by atoms with E-state index in [0.717, 1.165) is 6.42 Å². The number of thiophene rings is 1. The van der Waals surface area contributed by atoms with Crippen LogP contribution in [0.4, 0.5) is 0 Å². The van der Waals surface area contributed by atoms with Crippen LogP contribution in [-0.2, 0) is 0 Å². The maximum Gasteiger partial charge on any atom is 0.265 e. The summed E-state index contributed by atoms with van der Waals surface area (Å²) in [6.07, 6.45) is 3.52. The van der Waals surface area contributed by atoms with E-state index in [1.54, 1.807) is 7.11 Å². The van der Waals surface area contributed by atoms with Crippen molar-refractivity contribution in [1.29, 1.82) is 0 Å². The molecule has 0 aliphatic heterocycles. The molecule has 2 N–H and O–H groups in total. The fourth-order valence-electron chi connectivity index (χ4n) is 3.74. The molecule has 0 spiro atoms. The number of fused-ring (bicyclic) bond motifs is 2. The van der Waals surface area contributed by atoms with Gasteiger partial charge in [-0.15, -0.1) is 11.3 Å². The number of aliphatic hydroxyl groups excluding tert-OH is 1. The number of methoxy groups -OCH3 is 1. The minimum Gasteiger partial charge on any atom is -0.495 e. The second-order valence-electron chi connectivity index (χ2n) is 5.50. The largest absolute Gasteiger partial charge is 0.495 e. The molecule has 4 atom stereocenters. The molecule has 0 saturated heterocycles. The van der Waals surface area contributed by atoms with E-state index in [9.17, 15) is 9.90 Å². The minimum absolute atomic E-state index is 0.0668. The third-order valence-electron chi connectivity index (χ3n) is 4.65. The summed E-state index contributed by atoms with van der Waals surface area (Å²) in [5.41, 5.74) is 0. The molecule has 4 nitrogen and oxygen atoms in total. The van der Waals surface area contributed by atoms with Crippen LogP contribution in [0.25, 0.3) is 0 Å². The molecule has 2 saturated carbocycles. The van der Waals surface area contributed by atoms with Crippen molar-refractivity contribution in [2.24, 2.45) is 17.8 Å². The highest BCUT2D eigenvalue weighted by atomic mass is 32.1. The predicted octanol–water partition coefficient (Wildman–Crippen LogP) is 1.89. The van der Waals surface area contributed by atoms with Gasteiger partial charge in [-0.05, 0) is 42.5 Å². The standard InChI is InChI=1S/C14H19NO3S/c1-18-11-4-5-19-13(11)14(17)15-12-9-3-2-8(6-9)10(12)7-16/h4-5,8-10,12,16H,2-3,6-7H2,1H3,(H,15,17). The van der Waals surface area contributed by atoms with Crippen molar-refractivity contribution in [3.63, 3.8) is 0 Å². The molecule has 0 radical (unpaired) electrons. The Kier molecular flexibility index (Phi) is 3.50. The molecule has 3 rings (SSSR count). The molecule has 1 aromatic heterocycles. The van der Waals surface area contributed by atoms with Crippen LogP contribution in [0, 0.1) is 17.8 Å².